The van der Waals surface area contributed by atoms with E-state index < -0.39 is 5.91 Å². The highest BCUT2D eigenvalue weighted by molar-refractivity contribution is 6.04. The molecule has 4 aromatic rings. The molecule has 0 spiro atoms. The normalized spacial score (nSPS) is 13.5. The fraction of sp³-hybridized carbons (Fsp3) is 0.190. The molecule has 2 aromatic heterocycles. The van der Waals surface area contributed by atoms with Crippen molar-refractivity contribution in [2.45, 2.75) is 25.3 Å². The van der Waals surface area contributed by atoms with Crippen molar-refractivity contribution in [3.63, 3.8) is 0 Å². The third-order valence-corrected chi connectivity index (χ3v) is 4.85. The van der Waals surface area contributed by atoms with Crippen LogP contribution in [0.25, 0.3) is 16.5 Å². The maximum Gasteiger partial charge on any atom is 0.279 e. The van der Waals surface area contributed by atoms with Crippen LogP contribution < -0.4 is 10.9 Å². The summed E-state index contributed by atoms with van der Waals surface area (Å²) in [5.74, 6) is 0.997. The summed E-state index contributed by atoms with van der Waals surface area (Å²) in [6, 6.07) is 15.9. The smallest absolute Gasteiger partial charge is 0.279 e. The van der Waals surface area contributed by atoms with Crippen LogP contribution in [0.3, 0.4) is 0 Å². The van der Waals surface area contributed by atoms with E-state index in [-0.39, 0.29) is 17.8 Å². The second-order valence-electron chi connectivity index (χ2n) is 6.95. The number of amides is 1. The van der Waals surface area contributed by atoms with Gasteiger partial charge in [-0.2, -0.15) is 14.8 Å². The van der Waals surface area contributed by atoms with Gasteiger partial charge in [-0.05, 0) is 31.0 Å². The van der Waals surface area contributed by atoms with Gasteiger partial charge in [0.1, 0.15) is 0 Å². The first-order chi connectivity index (χ1) is 14.2. The Hall–Kier alpha value is -3.81. The second kappa shape index (κ2) is 6.97. The summed E-state index contributed by atoms with van der Waals surface area (Å²) in [4.78, 5) is 30.1. The van der Waals surface area contributed by atoms with Gasteiger partial charge >= 0.3 is 0 Å². The van der Waals surface area contributed by atoms with Crippen LogP contribution >= 0.6 is 0 Å². The molecule has 29 heavy (non-hydrogen) atoms. The molecule has 1 amide bonds. The van der Waals surface area contributed by atoms with Crippen LogP contribution in [0.4, 0.5) is 0 Å². The zero-order valence-corrected chi connectivity index (χ0v) is 15.4. The lowest BCUT2D eigenvalue weighted by molar-refractivity contribution is 0.0941. The maximum atomic E-state index is 12.9. The SMILES string of the molecule is O=C(NCc1nc(C2CC2)no1)c1nn(-c2ccccc2)c(=O)c2ccccc12. The molecule has 0 unspecified atom stereocenters. The van der Waals surface area contributed by atoms with Crippen molar-refractivity contribution in [2.75, 3.05) is 0 Å². The molecule has 0 bridgehead atoms. The van der Waals surface area contributed by atoms with Gasteiger partial charge in [-0.3, -0.25) is 9.59 Å². The Morgan fingerprint density at radius 2 is 1.79 bits per heavy atom. The molecule has 2 heterocycles. The molecule has 0 radical (unpaired) electrons. The summed E-state index contributed by atoms with van der Waals surface area (Å²) in [6.45, 7) is 0.0963. The number of aromatic nitrogens is 4. The number of carbonyl (C=O) groups is 1. The minimum atomic E-state index is -0.419. The average molecular weight is 387 g/mol. The Labute approximate surface area is 165 Å². The van der Waals surface area contributed by atoms with E-state index in [0.717, 1.165) is 12.8 Å². The Kier molecular flexibility index (Phi) is 4.16. The predicted molar refractivity (Wildman–Crippen MR) is 105 cm³/mol. The molecule has 1 N–H and O–H groups in total. The average Bonchev–Trinajstić information content (AvgIpc) is 3.51. The fourth-order valence-electron chi connectivity index (χ4n) is 3.19. The van der Waals surface area contributed by atoms with E-state index >= 15 is 0 Å². The number of fused-ring (bicyclic) bond motifs is 1. The molecule has 0 saturated heterocycles. The first-order valence-corrected chi connectivity index (χ1v) is 9.39. The molecule has 144 valence electrons. The van der Waals surface area contributed by atoms with Crippen LogP contribution in [-0.2, 0) is 6.54 Å². The topological polar surface area (TPSA) is 103 Å². The highest BCUT2D eigenvalue weighted by atomic mass is 16.5. The number of hydrogen-bond acceptors (Lipinski definition) is 6. The lowest BCUT2D eigenvalue weighted by atomic mass is 10.1. The second-order valence-corrected chi connectivity index (χ2v) is 6.95. The van der Waals surface area contributed by atoms with Gasteiger partial charge in [-0.15, -0.1) is 0 Å². The zero-order valence-electron chi connectivity index (χ0n) is 15.4. The Balaban J connectivity index is 1.50. The number of benzene rings is 2. The molecule has 8 heteroatoms. The largest absolute Gasteiger partial charge is 0.342 e. The molecule has 1 saturated carbocycles. The Morgan fingerprint density at radius 3 is 2.55 bits per heavy atom. The molecule has 0 atom stereocenters. The van der Waals surface area contributed by atoms with Crippen molar-refractivity contribution in [1.82, 2.24) is 25.2 Å². The van der Waals surface area contributed by atoms with Gasteiger partial charge in [-0.25, -0.2) is 0 Å². The Morgan fingerprint density at radius 1 is 1.07 bits per heavy atom. The van der Waals surface area contributed by atoms with Crippen LogP contribution in [-0.4, -0.2) is 25.8 Å². The van der Waals surface area contributed by atoms with Crippen molar-refractivity contribution >= 4 is 16.7 Å². The third-order valence-electron chi connectivity index (χ3n) is 4.85. The van der Waals surface area contributed by atoms with Gasteiger partial charge < -0.3 is 9.84 Å². The van der Waals surface area contributed by atoms with Gasteiger partial charge in [0.25, 0.3) is 11.5 Å². The quantitative estimate of drug-likeness (QED) is 0.565. The standard InChI is InChI=1S/C21H17N5O3/c27-20(22-12-17-23-19(25-29-17)13-10-11-13)18-15-8-4-5-9-16(15)21(28)26(24-18)14-6-2-1-3-7-14/h1-9,13H,10-12H2,(H,22,27). The molecule has 1 fully saturated rings. The van der Waals surface area contributed by atoms with E-state index in [1.54, 1.807) is 36.4 Å². The van der Waals surface area contributed by atoms with Crippen LogP contribution in [0.1, 0.15) is 41.0 Å². The molecular weight excluding hydrogens is 370 g/mol. The van der Waals surface area contributed by atoms with Crippen LogP contribution in [0.2, 0.25) is 0 Å². The summed E-state index contributed by atoms with van der Waals surface area (Å²) in [5.41, 5.74) is 0.462. The summed E-state index contributed by atoms with van der Waals surface area (Å²) < 4.78 is 6.45. The fourth-order valence-corrected chi connectivity index (χ4v) is 3.19. The number of para-hydroxylation sites is 1. The van der Waals surface area contributed by atoms with E-state index in [4.69, 9.17) is 4.52 Å². The minimum absolute atomic E-state index is 0.0963. The summed E-state index contributed by atoms with van der Waals surface area (Å²) >= 11 is 0. The van der Waals surface area contributed by atoms with E-state index in [0.29, 0.717) is 34.1 Å². The van der Waals surface area contributed by atoms with Crippen LogP contribution in [0.5, 0.6) is 0 Å². The van der Waals surface area contributed by atoms with Crippen molar-refractivity contribution in [2.24, 2.45) is 0 Å². The van der Waals surface area contributed by atoms with Crippen LogP contribution in [0, 0.1) is 0 Å². The lowest BCUT2D eigenvalue weighted by Crippen LogP contribution is -2.29. The monoisotopic (exact) mass is 387 g/mol. The first kappa shape index (κ1) is 17.3. The molecule has 5 rings (SSSR count). The number of rotatable bonds is 5. The van der Waals surface area contributed by atoms with E-state index in [2.05, 4.69) is 20.6 Å². The van der Waals surface area contributed by atoms with Gasteiger partial charge in [0, 0.05) is 11.3 Å². The maximum absolute atomic E-state index is 12.9. The number of carbonyl (C=O) groups excluding carboxylic acids is 1. The number of nitrogens with one attached hydrogen (secondary N) is 1. The Bertz CT molecular complexity index is 1260. The molecule has 1 aliphatic carbocycles. The highest BCUT2D eigenvalue weighted by Gasteiger charge is 2.28. The van der Waals surface area contributed by atoms with Gasteiger partial charge in [0.2, 0.25) is 5.89 Å². The van der Waals surface area contributed by atoms with Gasteiger partial charge in [0.15, 0.2) is 11.5 Å². The van der Waals surface area contributed by atoms with E-state index in [1.165, 1.54) is 4.68 Å². The van der Waals surface area contributed by atoms with Gasteiger partial charge in [-0.1, -0.05) is 41.6 Å². The highest BCUT2D eigenvalue weighted by Crippen LogP contribution is 2.38. The van der Waals surface area contributed by atoms with Gasteiger partial charge in [0.05, 0.1) is 17.6 Å². The molecule has 0 aliphatic heterocycles. The summed E-state index contributed by atoms with van der Waals surface area (Å²) in [7, 11) is 0. The summed E-state index contributed by atoms with van der Waals surface area (Å²) in [5, 5.41) is 12.0. The summed E-state index contributed by atoms with van der Waals surface area (Å²) in [6.07, 6.45) is 2.14. The van der Waals surface area contributed by atoms with Crippen molar-refractivity contribution in [3.8, 4) is 5.69 Å². The van der Waals surface area contributed by atoms with E-state index in [9.17, 15) is 9.59 Å². The third kappa shape index (κ3) is 3.29. The predicted octanol–water partition coefficient (Wildman–Crippen LogP) is 2.58. The van der Waals surface area contributed by atoms with Crippen molar-refractivity contribution < 1.29 is 9.32 Å². The molecule has 1 aliphatic rings. The van der Waals surface area contributed by atoms with Crippen LogP contribution in [0.15, 0.2) is 63.9 Å². The lowest BCUT2D eigenvalue weighted by Gasteiger charge is -2.10. The molecule has 8 nitrogen and oxygen atoms in total. The number of nitrogens with zero attached hydrogens (tertiary/aromatic N) is 4. The molecular formula is C21H17N5O3. The number of hydrogen-bond donors (Lipinski definition) is 1. The first-order valence-electron chi connectivity index (χ1n) is 9.39. The van der Waals surface area contributed by atoms with Crippen molar-refractivity contribution in [3.05, 3.63) is 82.4 Å². The van der Waals surface area contributed by atoms with Crippen molar-refractivity contribution in [1.29, 1.82) is 0 Å². The molecule has 2 aromatic carbocycles. The van der Waals surface area contributed by atoms with E-state index in [1.807, 2.05) is 18.2 Å². The minimum Gasteiger partial charge on any atom is -0.342 e. The zero-order chi connectivity index (χ0) is 19.8.